The van der Waals surface area contributed by atoms with Gasteiger partial charge in [0.15, 0.2) is 0 Å². The third-order valence-corrected chi connectivity index (χ3v) is 10.9. The number of aliphatic hydroxyl groups is 2. The largest absolute Gasteiger partial charge is 0.513 e. The number of hydrogen-bond acceptors (Lipinski definition) is 3. The first-order valence-corrected chi connectivity index (χ1v) is 13.4. The summed E-state index contributed by atoms with van der Waals surface area (Å²) < 4.78 is 0. The van der Waals surface area contributed by atoms with Crippen LogP contribution in [0.5, 0.6) is 0 Å². The summed E-state index contributed by atoms with van der Waals surface area (Å²) >= 11 is 0. The molecule has 3 heteroatoms. The van der Waals surface area contributed by atoms with Crippen molar-refractivity contribution in [3.63, 3.8) is 0 Å². The van der Waals surface area contributed by atoms with Crippen LogP contribution in [0.1, 0.15) is 98.8 Å². The van der Waals surface area contributed by atoms with E-state index in [0.29, 0.717) is 58.3 Å². The van der Waals surface area contributed by atoms with Crippen molar-refractivity contribution in [2.75, 3.05) is 0 Å². The van der Waals surface area contributed by atoms with Gasteiger partial charge in [-0.2, -0.15) is 0 Å². The van der Waals surface area contributed by atoms with Crippen molar-refractivity contribution in [2.45, 2.75) is 117 Å². The fourth-order valence-electron chi connectivity index (χ4n) is 9.42. The zero-order valence-electron chi connectivity index (χ0n) is 20.9. The van der Waals surface area contributed by atoms with Gasteiger partial charge < -0.3 is 15.5 Å². The van der Waals surface area contributed by atoms with E-state index in [2.05, 4.69) is 46.5 Å². The summed E-state index contributed by atoms with van der Waals surface area (Å²) in [4.78, 5) is 0. The van der Waals surface area contributed by atoms with E-state index in [-0.39, 0.29) is 6.10 Å². The van der Waals surface area contributed by atoms with Crippen molar-refractivity contribution in [2.24, 2.45) is 46.3 Å². The van der Waals surface area contributed by atoms with Crippen molar-refractivity contribution in [3.05, 3.63) is 12.3 Å². The molecule has 4 fully saturated rings. The number of allylic oxidation sites excluding steroid dienone is 1. The summed E-state index contributed by atoms with van der Waals surface area (Å²) in [5, 5.41) is 24.9. The number of fused-ring (bicyclic) bond motifs is 5. The normalized spacial score (nSPS) is 48.0. The SMILES string of the molecule is C=C(O)CC[C@@H](C)[C@H]1CC[C@H]2[C@@H]3C(O)C[C@@H]4CC(NC(C)C)CC[C@]4(C)[C@H]3CC[C@]12C. The predicted molar refractivity (Wildman–Crippen MR) is 129 cm³/mol. The second kappa shape index (κ2) is 8.67. The lowest BCUT2D eigenvalue weighted by molar-refractivity contribution is -0.167. The van der Waals surface area contributed by atoms with Crippen LogP contribution in [-0.4, -0.2) is 28.4 Å². The topological polar surface area (TPSA) is 52.5 Å². The molecule has 0 amide bonds. The quantitative estimate of drug-likeness (QED) is 0.422. The van der Waals surface area contributed by atoms with E-state index in [1.54, 1.807) is 0 Å². The van der Waals surface area contributed by atoms with Crippen LogP contribution < -0.4 is 5.32 Å². The molecule has 0 aromatic heterocycles. The summed E-state index contributed by atoms with van der Waals surface area (Å²) in [5.74, 6) is 4.23. The Bertz CT molecular complexity index is 661. The van der Waals surface area contributed by atoms with E-state index >= 15 is 0 Å². The minimum atomic E-state index is -0.114. The van der Waals surface area contributed by atoms with Gasteiger partial charge in [0.1, 0.15) is 0 Å². The molecule has 31 heavy (non-hydrogen) atoms. The summed E-state index contributed by atoms with van der Waals surface area (Å²) in [6.45, 7) is 15.8. The Morgan fingerprint density at radius 3 is 2.35 bits per heavy atom. The molecule has 0 aromatic rings. The van der Waals surface area contributed by atoms with Crippen LogP contribution in [0.3, 0.4) is 0 Å². The van der Waals surface area contributed by atoms with Gasteiger partial charge in [0, 0.05) is 18.5 Å². The highest BCUT2D eigenvalue weighted by molar-refractivity contribution is 5.12. The van der Waals surface area contributed by atoms with E-state index < -0.39 is 0 Å². The Labute approximate surface area is 191 Å². The molecule has 3 N–H and O–H groups in total. The van der Waals surface area contributed by atoms with Gasteiger partial charge in [-0.3, -0.25) is 0 Å². The van der Waals surface area contributed by atoms with Gasteiger partial charge in [-0.25, -0.2) is 0 Å². The number of aliphatic hydroxyl groups excluding tert-OH is 2. The number of rotatable bonds is 6. The summed E-state index contributed by atoms with van der Waals surface area (Å²) in [7, 11) is 0. The lowest BCUT2D eigenvalue weighted by Gasteiger charge is -2.62. The second-order valence-electron chi connectivity index (χ2n) is 12.9. The van der Waals surface area contributed by atoms with Crippen molar-refractivity contribution < 1.29 is 10.2 Å². The molecule has 0 aliphatic heterocycles. The minimum absolute atomic E-state index is 0.114. The second-order valence-corrected chi connectivity index (χ2v) is 12.9. The maximum atomic E-state index is 11.5. The van der Waals surface area contributed by atoms with Gasteiger partial charge in [-0.05, 0) is 104 Å². The Morgan fingerprint density at radius 2 is 1.68 bits per heavy atom. The first kappa shape index (κ1) is 23.6. The van der Waals surface area contributed by atoms with Gasteiger partial charge in [0.25, 0.3) is 0 Å². The summed E-state index contributed by atoms with van der Waals surface area (Å²) in [6.07, 6.45) is 11.8. The molecule has 0 aromatic carbocycles. The highest BCUT2D eigenvalue weighted by Gasteiger charge is 2.62. The highest BCUT2D eigenvalue weighted by Crippen LogP contribution is 2.68. The Balaban J connectivity index is 1.51. The van der Waals surface area contributed by atoms with E-state index in [0.717, 1.165) is 25.2 Å². The molecule has 0 spiro atoms. The molecular formula is C28H49NO2. The van der Waals surface area contributed by atoms with Crippen LogP contribution in [0, 0.1) is 46.3 Å². The number of hydrogen-bond donors (Lipinski definition) is 3. The predicted octanol–water partition coefficient (Wildman–Crippen LogP) is 6.47. The van der Waals surface area contributed by atoms with Crippen LogP contribution in [0.25, 0.3) is 0 Å². The first-order chi connectivity index (χ1) is 14.6. The van der Waals surface area contributed by atoms with Crippen LogP contribution >= 0.6 is 0 Å². The summed E-state index contributed by atoms with van der Waals surface area (Å²) in [5.41, 5.74) is 0.774. The molecule has 178 valence electrons. The van der Waals surface area contributed by atoms with Gasteiger partial charge in [0.05, 0.1) is 11.9 Å². The molecule has 10 atom stereocenters. The van der Waals surface area contributed by atoms with Crippen LogP contribution in [0.4, 0.5) is 0 Å². The molecule has 3 nitrogen and oxygen atoms in total. The lowest BCUT2D eigenvalue weighted by Crippen LogP contribution is -2.59. The number of nitrogens with one attached hydrogen (secondary N) is 1. The molecule has 0 saturated heterocycles. The van der Waals surface area contributed by atoms with Crippen LogP contribution in [0.15, 0.2) is 12.3 Å². The van der Waals surface area contributed by atoms with Crippen molar-refractivity contribution in [1.82, 2.24) is 5.32 Å². The van der Waals surface area contributed by atoms with Crippen molar-refractivity contribution in [3.8, 4) is 0 Å². The molecule has 4 aliphatic carbocycles. The van der Waals surface area contributed by atoms with Crippen molar-refractivity contribution in [1.29, 1.82) is 0 Å². The van der Waals surface area contributed by atoms with Gasteiger partial charge in [-0.15, -0.1) is 0 Å². The monoisotopic (exact) mass is 431 g/mol. The maximum absolute atomic E-state index is 11.5. The first-order valence-electron chi connectivity index (χ1n) is 13.4. The van der Waals surface area contributed by atoms with Gasteiger partial charge in [0.2, 0.25) is 0 Å². The summed E-state index contributed by atoms with van der Waals surface area (Å²) in [6, 6.07) is 1.18. The standard InChI is InChI=1S/C28H49NO2/c1-17(2)29-21-11-13-27(5)20(15-21)16-25(31)26-23-10-9-22(18(3)7-8-19(4)30)28(23,6)14-12-24(26)27/h17-18,20-26,29-31H,4,7-16H2,1-3,5-6H3/t18-,20+,21?,22-,23+,24+,25?,26+,27+,28-/m1/s1. The molecule has 0 radical (unpaired) electrons. The molecule has 4 saturated carbocycles. The average molecular weight is 432 g/mol. The Hall–Kier alpha value is -0.540. The van der Waals surface area contributed by atoms with Crippen molar-refractivity contribution >= 4 is 0 Å². The van der Waals surface area contributed by atoms with Crippen LogP contribution in [-0.2, 0) is 0 Å². The van der Waals surface area contributed by atoms with E-state index in [4.69, 9.17) is 0 Å². The average Bonchev–Trinajstić information content (AvgIpc) is 3.04. The zero-order chi connectivity index (χ0) is 22.6. The smallest absolute Gasteiger partial charge is 0.0851 e. The lowest BCUT2D eigenvalue weighted by atomic mass is 9.43. The minimum Gasteiger partial charge on any atom is -0.513 e. The van der Waals surface area contributed by atoms with Gasteiger partial charge >= 0.3 is 0 Å². The van der Waals surface area contributed by atoms with E-state index in [1.807, 2.05) is 0 Å². The molecule has 4 rings (SSSR count). The Morgan fingerprint density at radius 1 is 1.00 bits per heavy atom. The van der Waals surface area contributed by atoms with Gasteiger partial charge in [-0.1, -0.05) is 41.2 Å². The Kier molecular flexibility index (Phi) is 6.60. The van der Waals surface area contributed by atoms with Crippen LogP contribution in [0.2, 0.25) is 0 Å². The third-order valence-electron chi connectivity index (χ3n) is 10.9. The maximum Gasteiger partial charge on any atom is 0.0851 e. The molecule has 0 bridgehead atoms. The molecule has 4 aliphatic rings. The molecule has 0 heterocycles. The molecular weight excluding hydrogens is 382 g/mol. The highest BCUT2D eigenvalue weighted by atomic mass is 16.3. The zero-order valence-corrected chi connectivity index (χ0v) is 20.9. The fraction of sp³-hybridized carbons (Fsp3) is 0.929. The fourth-order valence-corrected chi connectivity index (χ4v) is 9.42. The molecule has 2 unspecified atom stereocenters. The van der Waals surface area contributed by atoms with E-state index in [1.165, 1.54) is 44.9 Å². The third kappa shape index (κ3) is 4.12. The van der Waals surface area contributed by atoms with E-state index in [9.17, 15) is 10.2 Å².